The van der Waals surface area contributed by atoms with Gasteiger partial charge in [0.05, 0.1) is 6.61 Å². The maximum atomic E-state index is 10.9. The lowest BCUT2D eigenvalue weighted by Gasteiger charge is -2.00. The molecule has 0 aliphatic carbocycles. The van der Waals surface area contributed by atoms with Crippen molar-refractivity contribution >= 4 is 11.9 Å². The van der Waals surface area contributed by atoms with Crippen LogP contribution < -0.4 is 0 Å². The zero-order valence-corrected chi connectivity index (χ0v) is 12.2. The molecule has 0 aromatic carbocycles. The number of carboxylic acids is 1. The Balaban J connectivity index is 0. The third-order valence-electron chi connectivity index (χ3n) is 2.34. The smallest absolute Gasteiger partial charge is 0.305 e. The van der Waals surface area contributed by atoms with Crippen molar-refractivity contribution in [2.45, 2.75) is 65.2 Å². The van der Waals surface area contributed by atoms with Crippen LogP contribution in [-0.2, 0) is 14.3 Å². The number of rotatable bonds is 10. The molecular formula is C14H28O5. The first-order valence-electron chi connectivity index (χ1n) is 7.06. The molecule has 0 atom stereocenters. The van der Waals surface area contributed by atoms with Crippen LogP contribution in [0.3, 0.4) is 0 Å². The molecule has 0 bridgehead atoms. The number of esters is 1. The molecule has 0 aromatic rings. The zero-order valence-electron chi connectivity index (χ0n) is 12.2. The Hall–Kier alpha value is -1.10. The van der Waals surface area contributed by atoms with E-state index in [2.05, 4.69) is 6.92 Å². The highest BCUT2D eigenvalue weighted by Gasteiger charge is 1.99. The van der Waals surface area contributed by atoms with Gasteiger partial charge in [-0.25, -0.2) is 0 Å². The van der Waals surface area contributed by atoms with E-state index < -0.39 is 5.97 Å². The van der Waals surface area contributed by atoms with Crippen LogP contribution in [0.2, 0.25) is 0 Å². The topological polar surface area (TPSA) is 83.8 Å². The summed E-state index contributed by atoms with van der Waals surface area (Å²) in [4.78, 5) is 20.5. The zero-order chi connectivity index (χ0) is 14.9. The monoisotopic (exact) mass is 276 g/mol. The molecular weight excluding hydrogens is 248 g/mol. The Morgan fingerprint density at radius 1 is 0.947 bits per heavy atom. The summed E-state index contributed by atoms with van der Waals surface area (Å²) in [6, 6.07) is 0. The van der Waals surface area contributed by atoms with E-state index in [4.69, 9.17) is 14.9 Å². The first-order chi connectivity index (χ1) is 9.08. The Labute approximate surface area is 116 Å². The lowest BCUT2D eigenvalue weighted by atomic mass is 10.1. The third kappa shape index (κ3) is 22.5. The molecule has 0 radical (unpaired) electrons. The molecule has 0 amide bonds. The van der Waals surface area contributed by atoms with Crippen LogP contribution in [-0.4, -0.2) is 35.4 Å². The van der Waals surface area contributed by atoms with Gasteiger partial charge in [0.25, 0.3) is 0 Å². The Morgan fingerprint density at radius 2 is 1.58 bits per heavy atom. The minimum atomic E-state index is -0.853. The largest absolute Gasteiger partial charge is 0.481 e. The summed E-state index contributed by atoms with van der Waals surface area (Å²) in [6.07, 6.45) is 6.94. The first kappa shape index (κ1) is 20.2. The number of carbonyl (C=O) groups is 2. The SMILES string of the molecule is CCCCCCCC(=O)OCC.O=C(O)CCCO. The average molecular weight is 276 g/mol. The van der Waals surface area contributed by atoms with Crippen molar-refractivity contribution in [3.63, 3.8) is 0 Å². The van der Waals surface area contributed by atoms with Crippen molar-refractivity contribution in [2.24, 2.45) is 0 Å². The van der Waals surface area contributed by atoms with E-state index in [0.29, 0.717) is 19.4 Å². The summed E-state index contributed by atoms with van der Waals surface area (Å²) in [6.45, 7) is 4.50. The minimum Gasteiger partial charge on any atom is -0.481 e. The number of carbonyl (C=O) groups excluding carboxylic acids is 1. The van der Waals surface area contributed by atoms with Gasteiger partial charge in [0.2, 0.25) is 0 Å². The fourth-order valence-corrected chi connectivity index (χ4v) is 1.34. The van der Waals surface area contributed by atoms with Gasteiger partial charge in [0.1, 0.15) is 0 Å². The number of aliphatic carboxylic acids is 1. The number of aliphatic hydroxyl groups is 1. The summed E-state index contributed by atoms with van der Waals surface area (Å²) >= 11 is 0. The molecule has 0 saturated heterocycles. The molecule has 0 aliphatic heterocycles. The molecule has 0 unspecified atom stereocenters. The van der Waals surface area contributed by atoms with Gasteiger partial charge in [0, 0.05) is 19.4 Å². The standard InChI is InChI=1S/C10H20O2.C4H8O3/c1-3-5-6-7-8-9-10(11)12-4-2;5-3-1-2-4(6)7/h3-9H2,1-2H3;5H,1-3H2,(H,6,7). The van der Waals surface area contributed by atoms with Crippen LogP contribution in [0, 0.1) is 0 Å². The fourth-order valence-electron chi connectivity index (χ4n) is 1.34. The van der Waals surface area contributed by atoms with Crippen molar-refractivity contribution in [2.75, 3.05) is 13.2 Å². The van der Waals surface area contributed by atoms with Crippen LogP contribution in [0.4, 0.5) is 0 Å². The summed E-state index contributed by atoms with van der Waals surface area (Å²) < 4.78 is 4.81. The number of ether oxygens (including phenoxy) is 1. The predicted molar refractivity (Wildman–Crippen MR) is 74.0 cm³/mol. The molecule has 5 heteroatoms. The van der Waals surface area contributed by atoms with E-state index in [9.17, 15) is 9.59 Å². The van der Waals surface area contributed by atoms with Gasteiger partial charge in [-0.05, 0) is 19.8 Å². The van der Waals surface area contributed by atoms with Crippen LogP contribution in [0.5, 0.6) is 0 Å². The number of unbranched alkanes of at least 4 members (excludes halogenated alkanes) is 4. The van der Waals surface area contributed by atoms with E-state index in [1.54, 1.807) is 0 Å². The molecule has 0 aliphatic rings. The maximum absolute atomic E-state index is 10.9. The highest BCUT2D eigenvalue weighted by molar-refractivity contribution is 5.69. The summed E-state index contributed by atoms with van der Waals surface area (Å²) in [5.74, 6) is -0.900. The van der Waals surface area contributed by atoms with Crippen molar-refractivity contribution in [1.29, 1.82) is 0 Å². The third-order valence-corrected chi connectivity index (χ3v) is 2.34. The van der Waals surface area contributed by atoms with Gasteiger partial charge in [-0.2, -0.15) is 0 Å². The van der Waals surface area contributed by atoms with Gasteiger partial charge in [-0.15, -0.1) is 0 Å². The number of carboxylic acid groups (broad SMARTS) is 1. The average Bonchev–Trinajstić information content (AvgIpc) is 2.37. The van der Waals surface area contributed by atoms with E-state index in [1.807, 2.05) is 6.92 Å². The van der Waals surface area contributed by atoms with Crippen LogP contribution in [0.15, 0.2) is 0 Å². The van der Waals surface area contributed by atoms with Gasteiger partial charge in [-0.1, -0.05) is 32.6 Å². The van der Waals surface area contributed by atoms with E-state index in [0.717, 1.165) is 12.8 Å². The normalized spacial score (nSPS) is 9.42. The number of hydrogen-bond donors (Lipinski definition) is 2. The highest BCUT2D eigenvalue weighted by Crippen LogP contribution is 2.05. The van der Waals surface area contributed by atoms with Crippen LogP contribution in [0.1, 0.15) is 65.2 Å². The first-order valence-corrected chi connectivity index (χ1v) is 7.06. The molecule has 0 saturated carbocycles. The summed E-state index contributed by atoms with van der Waals surface area (Å²) in [5, 5.41) is 16.0. The highest BCUT2D eigenvalue weighted by atomic mass is 16.5. The molecule has 0 fully saturated rings. The van der Waals surface area contributed by atoms with Gasteiger partial charge < -0.3 is 14.9 Å². The molecule has 114 valence electrons. The summed E-state index contributed by atoms with van der Waals surface area (Å²) in [7, 11) is 0. The van der Waals surface area contributed by atoms with E-state index in [-0.39, 0.29) is 19.0 Å². The van der Waals surface area contributed by atoms with Crippen molar-refractivity contribution in [3.05, 3.63) is 0 Å². The quantitative estimate of drug-likeness (QED) is 0.473. The predicted octanol–water partition coefficient (Wildman–Crippen LogP) is 2.75. The van der Waals surface area contributed by atoms with Crippen molar-refractivity contribution in [1.82, 2.24) is 0 Å². The molecule has 0 rings (SSSR count). The Kier molecular flexibility index (Phi) is 18.0. The molecule has 0 spiro atoms. The lowest BCUT2D eigenvalue weighted by Crippen LogP contribution is -2.02. The summed E-state index contributed by atoms with van der Waals surface area (Å²) in [5.41, 5.74) is 0. The molecule has 5 nitrogen and oxygen atoms in total. The molecule has 0 aromatic heterocycles. The fraction of sp³-hybridized carbons (Fsp3) is 0.857. The lowest BCUT2D eigenvalue weighted by molar-refractivity contribution is -0.143. The maximum Gasteiger partial charge on any atom is 0.305 e. The molecule has 0 heterocycles. The van der Waals surface area contributed by atoms with Crippen LogP contribution in [0.25, 0.3) is 0 Å². The van der Waals surface area contributed by atoms with Gasteiger partial charge in [-0.3, -0.25) is 9.59 Å². The van der Waals surface area contributed by atoms with Crippen molar-refractivity contribution < 1.29 is 24.5 Å². The second-order valence-electron chi connectivity index (χ2n) is 4.19. The van der Waals surface area contributed by atoms with Crippen molar-refractivity contribution in [3.8, 4) is 0 Å². The van der Waals surface area contributed by atoms with Gasteiger partial charge >= 0.3 is 11.9 Å². The molecule has 19 heavy (non-hydrogen) atoms. The van der Waals surface area contributed by atoms with Gasteiger partial charge in [0.15, 0.2) is 0 Å². The van der Waals surface area contributed by atoms with E-state index >= 15 is 0 Å². The second-order valence-corrected chi connectivity index (χ2v) is 4.19. The van der Waals surface area contributed by atoms with Crippen LogP contribution >= 0.6 is 0 Å². The van der Waals surface area contributed by atoms with E-state index in [1.165, 1.54) is 19.3 Å². The molecule has 2 N–H and O–H groups in total. The Bertz CT molecular complexity index is 216. The number of hydrogen-bond acceptors (Lipinski definition) is 4. The Morgan fingerprint density at radius 3 is 2.00 bits per heavy atom. The number of aliphatic hydroxyl groups excluding tert-OH is 1. The minimum absolute atomic E-state index is 0.0354. The second kappa shape index (κ2) is 16.9.